The lowest BCUT2D eigenvalue weighted by Crippen LogP contribution is -2.31. The summed E-state index contributed by atoms with van der Waals surface area (Å²) < 4.78 is 3.08. The van der Waals surface area contributed by atoms with Crippen LogP contribution in [0.2, 0.25) is 0 Å². The van der Waals surface area contributed by atoms with Crippen molar-refractivity contribution in [2.75, 3.05) is 6.54 Å². The number of pyridine rings is 1. The monoisotopic (exact) mass is 312 g/mol. The fourth-order valence-corrected chi connectivity index (χ4v) is 2.60. The van der Waals surface area contributed by atoms with Crippen molar-refractivity contribution in [3.05, 3.63) is 52.1 Å². The Kier molecular flexibility index (Phi) is 3.88. The van der Waals surface area contributed by atoms with E-state index in [1.54, 1.807) is 18.5 Å². The Morgan fingerprint density at radius 1 is 1.30 bits per heavy atom. The summed E-state index contributed by atoms with van der Waals surface area (Å²) in [6.45, 7) is 2.50. The van der Waals surface area contributed by atoms with Crippen LogP contribution in [0.3, 0.4) is 0 Å². The van der Waals surface area contributed by atoms with Crippen LogP contribution in [0.1, 0.15) is 15.9 Å². The van der Waals surface area contributed by atoms with E-state index in [1.807, 2.05) is 24.3 Å². The van der Waals surface area contributed by atoms with Gasteiger partial charge in [-0.25, -0.2) is 4.68 Å². The summed E-state index contributed by atoms with van der Waals surface area (Å²) in [6.07, 6.45) is 1.48. The number of nitrogens with one attached hydrogen (secondary N) is 1. The third kappa shape index (κ3) is 2.70. The van der Waals surface area contributed by atoms with Gasteiger partial charge in [0.05, 0.1) is 17.6 Å². The van der Waals surface area contributed by atoms with E-state index < -0.39 is 0 Å². The Balaban J connectivity index is 1.92. The first-order chi connectivity index (χ1) is 11.1. The molecule has 0 atom stereocenters. The van der Waals surface area contributed by atoms with E-state index in [2.05, 4.69) is 20.8 Å². The zero-order valence-electron chi connectivity index (χ0n) is 12.9. The highest BCUT2D eigenvalue weighted by atomic mass is 16.2. The number of carbonyl (C=O) groups excluding carboxylic acids is 1. The molecule has 0 radical (unpaired) electrons. The summed E-state index contributed by atoms with van der Waals surface area (Å²) >= 11 is 0. The van der Waals surface area contributed by atoms with Crippen LogP contribution in [0, 0.1) is 6.92 Å². The number of benzene rings is 1. The SMILES string of the molecule is Cc1c(C(=O)NCCn2cnnn2)c2ccccc2n(C)c1=O. The smallest absolute Gasteiger partial charge is 0.254 e. The molecular formula is C15H16N6O2. The zero-order valence-corrected chi connectivity index (χ0v) is 12.9. The van der Waals surface area contributed by atoms with Crippen LogP contribution in [0.25, 0.3) is 10.9 Å². The van der Waals surface area contributed by atoms with Gasteiger partial charge in [-0.1, -0.05) is 18.2 Å². The number of rotatable bonds is 4. The quantitative estimate of drug-likeness (QED) is 0.746. The van der Waals surface area contributed by atoms with Crippen molar-refractivity contribution in [2.45, 2.75) is 13.5 Å². The first-order valence-corrected chi connectivity index (χ1v) is 7.17. The topological polar surface area (TPSA) is 94.7 Å². The first kappa shape index (κ1) is 14.9. The standard InChI is InChI=1S/C15H16N6O2/c1-10-13(14(22)16-7-8-21-9-17-18-19-21)11-5-3-4-6-12(11)20(2)15(10)23/h3-6,9H,7-8H2,1-2H3,(H,16,22). The van der Waals surface area contributed by atoms with Gasteiger partial charge in [0.25, 0.3) is 11.5 Å². The number of fused-ring (bicyclic) bond motifs is 1. The number of aromatic nitrogens is 5. The number of hydrogen-bond donors (Lipinski definition) is 1. The number of amides is 1. The van der Waals surface area contributed by atoms with Gasteiger partial charge in [-0.15, -0.1) is 5.10 Å². The Morgan fingerprint density at radius 2 is 2.09 bits per heavy atom. The molecule has 0 bridgehead atoms. The second kappa shape index (κ2) is 5.99. The minimum Gasteiger partial charge on any atom is -0.350 e. The summed E-state index contributed by atoms with van der Waals surface area (Å²) in [5.41, 5.74) is 1.41. The van der Waals surface area contributed by atoms with E-state index in [4.69, 9.17) is 0 Å². The molecule has 0 saturated heterocycles. The maximum absolute atomic E-state index is 12.6. The molecule has 0 spiro atoms. The van der Waals surface area contributed by atoms with Crippen molar-refractivity contribution in [1.29, 1.82) is 0 Å². The molecule has 0 unspecified atom stereocenters. The molecule has 3 rings (SSSR count). The average molecular weight is 312 g/mol. The van der Waals surface area contributed by atoms with Crippen LogP contribution in [-0.2, 0) is 13.6 Å². The number of carbonyl (C=O) groups is 1. The summed E-state index contributed by atoms with van der Waals surface area (Å²) in [7, 11) is 1.71. The fraction of sp³-hybridized carbons (Fsp3) is 0.267. The zero-order chi connectivity index (χ0) is 16.4. The molecule has 23 heavy (non-hydrogen) atoms. The molecule has 2 aromatic heterocycles. The van der Waals surface area contributed by atoms with Gasteiger partial charge in [0.2, 0.25) is 0 Å². The van der Waals surface area contributed by atoms with Gasteiger partial charge in [-0.05, 0) is 23.4 Å². The number of aryl methyl sites for hydroxylation is 1. The third-order valence-electron chi connectivity index (χ3n) is 3.78. The van der Waals surface area contributed by atoms with Crippen molar-refractivity contribution in [3.8, 4) is 0 Å². The van der Waals surface area contributed by atoms with Gasteiger partial charge >= 0.3 is 0 Å². The van der Waals surface area contributed by atoms with E-state index >= 15 is 0 Å². The average Bonchev–Trinajstić information content (AvgIpc) is 3.06. The van der Waals surface area contributed by atoms with Crippen LogP contribution in [0.4, 0.5) is 0 Å². The Labute approximate surface area is 131 Å². The molecule has 0 aliphatic heterocycles. The van der Waals surface area contributed by atoms with Gasteiger partial charge in [0.15, 0.2) is 0 Å². The van der Waals surface area contributed by atoms with Crippen molar-refractivity contribution in [3.63, 3.8) is 0 Å². The lowest BCUT2D eigenvalue weighted by molar-refractivity contribution is 0.0952. The highest BCUT2D eigenvalue weighted by Gasteiger charge is 2.17. The van der Waals surface area contributed by atoms with Gasteiger partial charge in [0, 0.05) is 24.5 Å². The molecule has 0 aliphatic rings. The molecule has 0 aliphatic carbocycles. The van der Waals surface area contributed by atoms with Crippen molar-refractivity contribution in [2.24, 2.45) is 7.05 Å². The summed E-state index contributed by atoms with van der Waals surface area (Å²) in [4.78, 5) is 24.9. The predicted octanol–water partition coefficient (Wildman–Crippen LogP) is 0.263. The molecule has 0 saturated carbocycles. The van der Waals surface area contributed by atoms with E-state index in [9.17, 15) is 9.59 Å². The van der Waals surface area contributed by atoms with Crippen molar-refractivity contribution < 1.29 is 4.79 Å². The largest absolute Gasteiger partial charge is 0.350 e. The Bertz CT molecular complexity index is 914. The van der Waals surface area contributed by atoms with Gasteiger partial charge in [-0.2, -0.15) is 0 Å². The molecule has 1 amide bonds. The fourth-order valence-electron chi connectivity index (χ4n) is 2.60. The van der Waals surface area contributed by atoms with Crippen LogP contribution < -0.4 is 10.9 Å². The number of para-hydroxylation sites is 1. The molecular weight excluding hydrogens is 296 g/mol. The second-order valence-corrected chi connectivity index (χ2v) is 5.21. The van der Waals surface area contributed by atoms with Gasteiger partial charge < -0.3 is 9.88 Å². The Morgan fingerprint density at radius 3 is 2.83 bits per heavy atom. The normalized spacial score (nSPS) is 10.9. The number of tetrazole rings is 1. The van der Waals surface area contributed by atoms with Crippen LogP contribution in [-0.4, -0.2) is 37.2 Å². The maximum atomic E-state index is 12.6. The minimum atomic E-state index is -0.274. The lowest BCUT2D eigenvalue weighted by Gasteiger charge is -2.13. The first-order valence-electron chi connectivity index (χ1n) is 7.17. The van der Waals surface area contributed by atoms with Crippen molar-refractivity contribution in [1.82, 2.24) is 30.1 Å². The van der Waals surface area contributed by atoms with E-state index in [-0.39, 0.29) is 11.5 Å². The molecule has 1 N–H and O–H groups in total. The van der Waals surface area contributed by atoms with Crippen molar-refractivity contribution >= 4 is 16.8 Å². The molecule has 3 aromatic rings. The minimum absolute atomic E-state index is 0.172. The number of hydrogen-bond acceptors (Lipinski definition) is 5. The van der Waals surface area contributed by atoms with E-state index in [0.29, 0.717) is 24.2 Å². The van der Waals surface area contributed by atoms with Gasteiger partial charge in [-0.3, -0.25) is 9.59 Å². The van der Waals surface area contributed by atoms with Crippen LogP contribution in [0.5, 0.6) is 0 Å². The highest BCUT2D eigenvalue weighted by Crippen LogP contribution is 2.19. The summed E-state index contributed by atoms with van der Waals surface area (Å²) in [5, 5.41) is 14.4. The van der Waals surface area contributed by atoms with Gasteiger partial charge in [0.1, 0.15) is 6.33 Å². The maximum Gasteiger partial charge on any atom is 0.254 e. The third-order valence-corrected chi connectivity index (χ3v) is 3.78. The molecule has 1 aromatic carbocycles. The molecule has 8 heteroatoms. The molecule has 2 heterocycles. The van der Waals surface area contributed by atoms with Crippen LogP contribution >= 0.6 is 0 Å². The van der Waals surface area contributed by atoms with Crippen LogP contribution in [0.15, 0.2) is 35.4 Å². The highest BCUT2D eigenvalue weighted by molar-refractivity contribution is 6.07. The van der Waals surface area contributed by atoms with E-state index in [0.717, 1.165) is 10.9 Å². The summed E-state index contributed by atoms with van der Waals surface area (Å²) in [6, 6.07) is 7.37. The predicted molar refractivity (Wildman–Crippen MR) is 84.1 cm³/mol. The molecule has 118 valence electrons. The second-order valence-electron chi connectivity index (χ2n) is 5.21. The number of nitrogens with zero attached hydrogens (tertiary/aromatic N) is 5. The lowest BCUT2D eigenvalue weighted by atomic mass is 10.0. The summed E-state index contributed by atoms with van der Waals surface area (Å²) in [5.74, 6) is -0.274. The molecule has 8 nitrogen and oxygen atoms in total. The molecule has 0 fully saturated rings. The van der Waals surface area contributed by atoms with E-state index in [1.165, 1.54) is 11.0 Å². The Hall–Kier alpha value is -3.03.